The first-order valence-corrected chi connectivity index (χ1v) is 8.86. The second-order valence-corrected chi connectivity index (χ2v) is 7.23. The molecule has 0 saturated carbocycles. The lowest BCUT2D eigenvalue weighted by Crippen LogP contribution is -2.28. The average molecular weight is 328 g/mol. The summed E-state index contributed by atoms with van der Waals surface area (Å²) in [5, 5.41) is 0.953. The molecule has 1 aliphatic heterocycles. The number of rotatable bonds is 3. The van der Waals surface area contributed by atoms with Gasteiger partial charge < -0.3 is 10.2 Å². The van der Waals surface area contributed by atoms with Gasteiger partial charge in [-0.2, -0.15) is 0 Å². The zero-order valence-electron chi connectivity index (χ0n) is 13.2. The molecule has 3 aromatic heterocycles. The number of aryl methyl sites for hydroxylation is 1. The lowest BCUT2D eigenvalue weighted by atomic mass is 10.1. The Hall–Kier alpha value is -1.92. The van der Waals surface area contributed by atoms with Crippen LogP contribution in [-0.2, 0) is 6.54 Å². The van der Waals surface area contributed by atoms with Crippen molar-refractivity contribution in [2.24, 2.45) is 0 Å². The third-order valence-electron chi connectivity index (χ3n) is 4.26. The zero-order chi connectivity index (χ0) is 15.8. The highest BCUT2D eigenvalue weighted by Crippen LogP contribution is 2.31. The minimum atomic E-state index is 0.528. The highest BCUT2D eigenvalue weighted by Gasteiger charge is 2.16. The van der Waals surface area contributed by atoms with E-state index in [1.807, 2.05) is 19.1 Å². The summed E-state index contributed by atoms with van der Waals surface area (Å²) < 4.78 is 5.62. The molecule has 6 heteroatoms. The molecule has 4 heterocycles. The smallest absolute Gasteiger partial charge is 0.199 e. The van der Waals surface area contributed by atoms with Crippen LogP contribution < -0.4 is 5.73 Å². The van der Waals surface area contributed by atoms with Gasteiger partial charge in [0.05, 0.1) is 5.39 Å². The maximum Gasteiger partial charge on any atom is 0.199 e. The molecule has 0 amide bonds. The number of hydrogen-bond donors (Lipinski definition) is 1. The summed E-state index contributed by atoms with van der Waals surface area (Å²) >= 11 is 1.71. The summed E-state index contributed by atoms with van der Waals surface area (Å²) in [7, 11) is 0. The summed E-state index contributed by atoms with van der Waals surface area (Å²) in [5.74, 6) is 2.61. The summed E-state index contributed by atoms with van der Waals surface area (Å²) in [6.45, 7) is 5.27. The number of nitrogens with two attached hydrogens (primary N) is 1. The van der Waals surface area contributed by atoms with Gasteiger partial charge in [-0.05, 0) is 51.1 Å². The predicted octanol–water partition coefficient (Wildman–Crippen LogP) is 3.83. The summed E-state index contributed by atoms with van der Waals surface area (Å²) in [5.41, 5.74) is 6.15. The first-order valence-electron chi connectivity index (χ1n) is 8.04. The maximum absolute atomic E-state index is 6.15. The van der Waals surface area contributed by atoms with E-state index in [9.17, 15) is 0 Å². The quantitative estimate of drug-likeness (QED) is 0.791. The van der Waals surface area contributed by atoms with Crippen molar-refractivity contribution in [3.63, 3.8) is 0 Å². The zero-order valence-corrected chi connectivity index (χ0v) is 14.0. The molecule has 0 atom stereocenters. The Labute approximate surface area is 139 Å². The lowest BCUT2D eigenvalue weighted by molar-refractivity contribution is 0.223. The molecule has 23 heavy (non-hydrogen) atoms. The molecule has 0 aromatic carbocycles. The van der Waals surface area contributed by atoms with Gasteiger partial charge in [-0.3, -0.25) is 4.90 Å². The van der Waals surface area contributed by atoms with Gasteiger partial charge in [0.1, 0.15) is 16.4 Å². The van der Waals surface area contributed by atoms with E-state index in [2.05, 4.69) is 20.9 Å². The number of hydrogen-bond acceptors (Lipinski definition) is 6. The fourth-order valence-corrected chi connectivity index (χ4v) is 4.15. The molecule has 0 aliphatic carbocycles. The topological polar surface area (TPSA) is 68.2 Å². The summed E-state index contributed by atoms with van der Waals surface area (Å²) in [4.78, 5) is 13.8. The predicted molar refractivity (Wildman–Crippen MR) is 93.4 cm³/mol. The highest BCUT2D eigenvalue weighted by molar-refractivity contribution is 7.18. The van der Waals surface area contributed by atoms with E-state index >= 15 is 0 Å². The van der Waals surface area contributed by atoms with Crippen molar-refractivity contribution >= 4 is 27.4 Å². The van der Waals surface area contributed by atoms with Gasteiger partial charge >= 0.3 is 0 Å². The van der Waals surface area contributed by atoms with Gasteiger partial charge in [-0.1, -0.05) is 6.42 Å². The monoisotopic (exact) mass is 328 g/mol. The molecule has 120 valence electrons. The van der Waals surface area contributed by atoms with Gasteiger partial charge in [0, 0.05) is 11.4 Å². The van der Waals surface area contributed by atoms with Gasteiger partial charge in [0.15, 0.2) is 11.6 Å². The van der Waals surface area contributed by atoms with Gasteiger partial charge in [0.2, 0.25) is 0 Å². The fraction of sp³-hybridized carbons (Fsp3) is 0.412. The van der Waals surface area contributed by atoms with E-state index in [0.29, 0.717) is 17.4 Å². The fourth-order valence-electron chi connectivity index (χ4n) is 3.07. The first kappa shape index (κ1) is 14.7. The normalized spacial score (nSPS) is 16.2. The van der Waals surface area contributed by atoms with Crippen LogP contribution in [0.5, 0.6) is 0 Å². The number of piperidine rings is 1. The van der Waals surface area contributed by atoms with Crippen LogP contribution in [0, 0.1) is 6.92 Å². The Morgan fingerprint density at radius 3 is 2.78 bits per heavy atom. The van der Waals surface area contributed by atoms with Crippen LogP contribution in [0.2, 0.25) is 0 Å². The molecule has 5 nitrogen and oxygen atoms in total. The minimum Gasteiger partial charge on any atom is -0.458 e. The Kier molecular flexibility index (Phi) is 3.79. The van der Waals surface area contributed by atoms with Crippen LogP contribution >= 0.6 is 11.3 Å². The van der Waals surface area contributed by atoms with E-state index in [-0.39, 0.29) is 0 Å². The molecule has 3 aromatic rings. The van der Waals surface area contributed by atoms with Crippen molar-refractivity contribution in [3.8, 4) is 11.6 Å². The number of furan rings is 1. The minimum absolute atomic E-state index is 0.528. The van der Waals surface area contributed by atoms with Crippen molar-refractivity contribution in [2.45, 2.75) is 32.7 Å². The number of anilines is 1. The Bertz CT molecular complexity index is 832. The highest BCUT2D eigenvalue weighted by atomic mass is 32.1. The third kappa shape index (κ3) is 2.96. The average Bonchev–Trinajstić information content (AvgIpc) is 3.14. The molecule has 2 N–H and O–H groups in total. The van der Waals surface area contributed by atoms with Crippen LogP contribution in [0.4, 0.5) is 5.82 Å². The molecule has 0 unspecified atom stereocenters. The van der Waals surface area contributed by atoms with Crippen LogP contribution in [-0.4, -0.2) is 28.0 Å². The van der Waals surface area contributed by atoms with E-state index in [1.165, 1.54) is 37.2 Å². The molecule has 0 bridgehead atoms. The SMILES string of the molecule is Cc1ccc(-c2nc(N)c3cc(CN4CCCCC4)sc3n2)o1. The molecule has 0 radical (unpaired) electrons. The first-order chi connectivity index (χ1) is 11.2. The number of likely N-dealkylation sites (tertiary alicyclic amines) is 1. The summed E-state index contributed by atoms with van der Waals surface area (Å²) in [6, 6.07) is 5.94. The van der Waals surface area contributed by atoms with Crippen molar-refractivity contribution in [3.05, 3.63) is 28.8 Å². The molecule has 1 saturated heterocycles. The number of nitrogen functional groups attached to an aromatic ring is 1. The maximum atomic E-state index is 6.15. The van der Waals surface area contributed by atoms with E-state index in [4.69, 9.17) is 10.2 Å². The molecule has 1 aliphatic rings. The third-order valence-corrected chi connectivity index (χ3v) is 5.28. The van der Waals surface area contributed by atoms with Gasteiger partial charge in [-0.15, -0.1) is 11.3 Å². The van der Waals surface area contributed by atoms with Crippen molar-refractivity contribution in [1.29, 1.82) is 0 Å². The van der Waals surface area contributed by atoms with Gasteiger partial charge in [-0.25, -0.2) is 9.97 Å². The second kappa shape index (κ2) is 5.94. The van der Waals surface area contributed by atoms with Crippen molar-refractivity contribution < 1.29 is 4.42 Å². The lowest BCUT2D eigenvalue weighted by Gasteiger charge is -2.25. The number of thiophene rings is 1. The molecule has 1 fully saturated rings. The number of fused-ring (bicyclic) bond motifs is 1. The molecular weight excluding hydrogens is 308 g/mol. The molecule has 4 rings (SSSR count). The number of nitrogens with zero attached hydrogens (tertiary/aromatic N) is 3. The van der Waals surface area contributed by atoms with Crippen LogP contribution in [0.3, 0.4) is 0 Å². The standard InChI is InChI=1S/C17H20N4OS/c1-11-5-6-14(22-11)16-19-15(18)13-9-12(23-17(13)20-16)10-21-7-3-2-4-8-21/h5-6,9H,2-4,7-8,10H2,1H3,(H2,18,19,20). The van der Waals surface area contributed by atoms with E-state index in [0.717, 1.165) is 22.5 Å². The molecule has 0 spiro atoms. The van der Waals surface area contributed by atoms with E-state index < -0.39 is 0 Å². The van der Waals surface area contributed by atoms with Crippen LogP contribution in [0.1, 0.15) is 29.9 Å². The molecular formula is C17H20N4OS. The second-order valence-electron chi connectivity index (χ2n) is 6.11. The van der Waals surface area contributed by atoms with Gasteiger partial charge in [0.25, 0.3) is 0 Å². The van der Waals surface area contributed by atoms with Crippen LogP contribution in [0.15, 0.2) is 22.6 Å². The summed E-state index contributed by atoms with van der Waals surface area (Å²) in [6.07, 6.45) is 3.96. The van der Waals surface area contributed by atoms with Crippen molar-refractivity contribution in [2.75, 3.05) is 18.8 Å². The Morgan fingerprint density at radius 1 is 1.22 bits per heavy atom. The van der Waals surface area contributed by atoms with Crippen LogP contribution in [0.25, 0.3) is 21.8 Å². The van der Waals surface area contributed by atoms with Crippen molar-refractivity contribution in [1.82, 2.24) is 14.9 Å². The largest absolute Gasteiger partial charge is 0.458 e. The number of aromatic nitrogens is 2. The Morgan fingerprint density at radius 2 is 2.04 bits per heavy atom. The Balaban J connectivity index is 1.66. The van der Waals surface area contributed by atoms with E-state index in [1.54, 1.807) is 11.3 Å².